The summed E-state index contributed by atoms with van der Waals surface area (Å²) in [6, 6.07) is 14.3. The Morgan fingerprint density at radius 1 is 0.929 bits per heavy atom. The van der Waals surface area contributed by atoms with Crippen LogP contribution in [0, 0.1) is 20.8 Å². The van der Waals surface area contributed by atoms with Gasteiger partial charge in [-0.25, -0.2) is 13.4 Å². The summed E-state index contributed by atoms with van der Waals surface area (Å²) in [5.74, 6) is 0.888. The summed E-state index contributed by atoms with van der Waals surface area (Å²) in [6.45, 7) is 5.85. The molecular weight excluding hydrogens is 374 g/mol. The van der Waals surface area contributed by atoms with Gasteiger partial charge in [0.15, 0.2) is 0 Å². The van der Waals surface area contributed by atoms with Crippen LogP contribution in [0.15, 0.2) is 59.6 Å². The number of hydrogen-bond donors (Lipinski definition) is 2. The summed E-state index contributed by atoms with van der Waals surface area (Å²) >= 11 is 0. The molecule has 0 amide bonds. The molecule has 0 spiro atoms. The van der Waals surface area contributed by atoms with Crippen LogP contribution in [0.25, 0.3) is 0 Å². The molecular formula is C21H23N3O3S. The van der Waals surface area contributed by atoms with Crippen molar-refractivity contribution in [2.45, 2.75) is 25.7 Å². The number of sulfonamides is 1. The first-order chi connectivity index (χ1) is 13.3. The topological polar surface area (TPSA) is 80.3 Å². The average molecular weight is 398 g/mol. The lowest BCUT2D eigenvalue weighted by Crippen LogP contribution is -2.14. The molecule has 2 aromatic carbocycles. The molecule has 3 aromatic rings. The molecule has 0 bridgehead atoms. The van der Waals surface area contributed by atoms with Crippen LogP contribution < -0.4 is 14.8 Å². The predicted molar refractivity (Wildman–Crippen MR) is 112 cm³/mol. The fraction of sp³-hybridized carbons (Fsp3) is 0.190. The quantitative estimate of drug-likeness (QED) is 0.637. The van der Waals surface area contributed by atoms with E-state index in [4.69, 9.17) is 4.74 Å². The number of nitrogens with zero attached hydrogens (tertiary/aromatic N) is 1. The fourth-order valence-electron chi connectivity index (χ4n) is 2.77. The maximum Gasteiger partial charge on any atom is 0.263 e. The van der Waals surface area contributed by atoms with Gasteiger partial charge in [-0.05, 0) is 73.9 Å². The van der Waals surface area contributed by atoms with Crippen molar-refractivity contribution >= 4 is 27.2 Å². The van der Waals surface area contributed by atoms with E-state index < -0.39 is 10.0 Å². The van der Waals surface area contributed by atoms with Gasteiger partial charge in [-0.1, -0.05) is 12.1 Å². The summed E-state index contributed by atoms with van der Waals surface area (Å²) in [7, 11) is -2.19. The number of nitrogens with one attached hydrogen (secondary N) is 2. The maximum absolute atomic E-state index is 12.6. The first kappa shape index (κ1) is 19.7. The van der Waals surface area contributed by atoms with Gasteiger partial charge < -0.3 is 10.1 Å². The van der Waals surface area contributed by atoms with E-state index in [2.05, 4.69) is 27.2 Å². The van der Waals surface area contributed by atoms with Gasteiger partial charge in [0.2, 0.25) is 0 Å². The largest absolute Gasteiger partial charge is 0.496 e. The molecule has 7 heteroatoms. The monoisotopic (exact) mass is 397 g/mol. The molecule has 28 heavy (non-hydrogen) atoms. The second-order valence-electron chi connectivity index (χ2n) is 6.61. The van der Waals surface area contributed by atoms with E-state index in [-0.39, 0.29) is 10.7 Å². The number of hydrogen-bond acceptors (Lipinski definition) is 5. The molecule has 2 N–H and O–H groups in total. The Hall–Kier alpha value is -3.06. The van der Waals surface area contributed by atoms with Crippen molar-refractivity contribution < 1.29 is 13.2 Å². The zero-order valence-electron chi connectivity index (χ0n) is 16.3. The van der Waals surface area contributed by atoms with Crippen molar-refractivity contribution in [2.75, 3.05) is 17.1 Å². The van der Waals surface area contributed by atoms with E-state index in [1.807, 2.05) is 19.9 Å². The first-order valence-corrected chi connectivity index (χ1v) is 10.2. The third-order valence-electron chi connectivity index (χ3n) is 4.35. The number of ether oxygens (including phenoxy) is 1. The zero-order valence-corrected chi connectivity index (χ0v) is 17.1. The van der Waals surface area contributed by atoms with Gasteiger partial charge in [0, 0.05) is 5.69 Å². The van der Waals surface area contributed by atoms with Crippen LogP contribution in [0.4, 0.5) is 17.2 Å². The summed E-state index contributed by atoms with van der Waals surface area (Å²) in [4.78, 5) is 4.37. The van der Waals surface area contributed by atoms with Crippen molar-refractivity contribution in [2.24, 2.45) is 0 Å². The molecule has 146 valence electrons. The number of anilines is 3. The molecule has 6 nitrogen and oxygen atoms in total. The number of methoxy groups -OCH3 is 1. The number of rotatable bonds is 6. The molecule has 0 saturated heterocycles. The number of benzene rings is 2. The van der Waals surface area contributed by atoms with Crippen LogP contribution in [0.2, 0.25) is 0 Å². The molecule has 0 aliphatic carbocycles. The highest BCUT2D eigenvalue weighted by Crippen LogP contribution is 2.24. The van der Waals surface area contributed by atoms with Gasteiger partial charge in [-0.3, -0.25) is 4.72 Å². The van der Waals surface area contributed by atoms with Crippen LogP contribution in [0.1, 0.15) is 16.7 Å². The Morgan fingerprint density at radius 3 is 2.36 bits per heavy atom. The molecule has 0 aliphatic heterocycles. The van der Waals surface area contributed by atoms with Gasteiger partial charge in [-0.2, -0.15) is 0 Å². The first-order valence-electron chi connectivity index (χ1n) is 8.76. The molecule has 0 unspecified atom stereocenters. The van der Waals surface area contributed by atoms with Crippen LogP contribution in [-0.2, 0) is 10.0 Å². The molecule has 1 aromatic heterocycles. The highest BCUT2D eigenvalue weighted by molar-refractivity contribution is 7.92. The third-order valence-corrected chi connectivity index (χ3v) is 5.70. The summed E-state index contributed by atoms with van der Waals surface area (Å²) in [6.07, 6.45) is 1.60. The SMILES string of the molecule is COc1ccc(S(=O)(=O)Nc2ccc(Nc3cc(C)ccc3C)cn2)cc1C. The van der Waals surface area contributed by atoms with Gasteiger partial charge in [-0.15, -0.1) is 0 Å². The van der Waals surface area contributed by atoms with E-state index in [1.165, 1.54) is 6.07 Å². The second kappa shape index (κ2) is 7.90. The summed E-state index contributed by atoms with van der Waals surface area (Å²) in [5.41, 5.74) is 4.78. The van der Waals surface area contributed by atoms with Crippen LogP contribution >= 0.6 is 0 Å². The Balaban J connectivity index is 1.76. The minimum Gasteiger partial charge on any atom is -0.496 e. The maximum atomic E-state index is 12.6. The minimum atomic E-state index is -3.73. The van der Waals surface area contributed by atoms with Crippen LogP contribution in [-0.4, -0.2) is 20.5 Å². The molecule has 0 aliphatic rings. The van der Waals surface area contributed by atoms with Crippen LogP contribution in [0.5, 0.6) is 5.75 Å². The van der Waals surface area contributed by atoms with Crippen molar-refractivity contribution in [3.63, 3.8) is 0 Å². The van der Waals surface area contributed by atoms with Gasteiger partial charge >= 0.3 is 0 Å². The Kier molecular flexibility index (Phi) is 5.56. The van der Waals surface area contributed by atoms with E-state index >= 15 is 0 Å². The highest BCUT2D eigenvalue weighted by atomic mass is 32.2. The normalized spacial score (nSPS) is 11.1. The van der Waals surface area contributed by atoms with Gasteiger partial charge in [0.1, 0.15) is 11.6 Å². The lowest BCUT2D eigenvalue weighted by atomic mass is 10.1. The van der Waals surface area contributed by atoms with Crippen molar-refractivity contribution in [1.82, 2.24) is 4.98 Å². The van der Waals surface area contributed by atoms with E-state index in [9.17, 15) is 8.42 Å². The number of aryl methyl sites for hydroxylation is 3. The van der Waals surface area contributed by atoms with Crippen molar-refractivity contribution in [3.05, 3.63) is 71.4 Å². The number of pyridine rings is 1. The molecule has 0 atom stereocenters. The number of aromatic nitrogens is 1. The van der Waals surface area contributed by atoms with Crippen LogP contribution in [0.3, 0.4) is 0 Å². The van der Waals surface area contributed by atoms with Gasteiger partial charge in [0.25, 0.3) is 10.0 Å². The lowest BCUT2D eigenvalue weighted by molar-refractivity contribution is 0.411. The second-order valence-corrected chi connectivity index (χ2v) is 8.29. The Morgan fingerprint density at radius 2 is 1.71 bits per heavy atom. The fourth-order valence-corrected chi connectivity index (χ4v) is 3.86. The van der Waals surface area contributed by atoms with E-state index in [1.54, 1.807) is 44.5 Å². The molecule has 1 heterocycles. The van der Waals surface area contributed by atoms with Gasteiger partial charge in [0.05, 0.1) is 23.9 Å². The van der Waals surface area contributed by atoms with E-state index in [0.29, 0.717) is 5.75 Å². The standard InChI is InChI=1S/C21H23N3O3S/c1-14-5-6-15(2)19(11-14)23-17-7-10-21(22-13-17)24-28(25,26)18-8-9-20(27-4)16(3)12-18/h5-13,23H,1-4H3,(H,22,24). The highest BCUT2D eigenvalue weighted by Gasteiger charge is 2.16. The summed E-state index contributed by atoms with van der Waals surface area (Å²) in [5, 5.41) is 3.30. The summed E-state index contributed by atoms with van der Waals surface area (Å²) < 4.78 is 32.9. The molecule has 0 saturated carbocycles. The Labute approximate surface area is 165 Å². The van der Waals surface area contributed by atoms with Crippen molar-refractivity contribution in [3.8, 4) is 5.75 Å². The average Bonchev–Trinajstić information content (AvgIpc) is 2.66. The molecule has 0 fully saturated rings. The van der Waals surface area contributed by atoms with Crippen molar-refractivity contribution in [1.29, 1.82) is 0 Å². The zero-order chi connectivity index (χ0) is 20.3. The lowest BCUT2D eigenvalue weighted by Gasteiger charge is -2.12. The Bertz CT molecular complexity index is 1090. The van der Waals surface area contributed by atoms with E-state index in [0.717, 1.165) is 28.1 Å². The molecule has 0 radical (unpaired) electrons. The minimum absolute atomic E-state index is 0.158. The molecule has 3 rings (SSSR count). The third kappa shape index (κ3) is 4.43. The predicted octanol–water partition coefficient (Wildman–Crippen LogP) is 4.56. The smallest absolute Gasteiger partial charge is 0.263 e.